The number of para-hydroxylation sites is 1. The van der Waals surface area contributed by atoms with Gasteiger partial charge in [-0.1, -0.05) is 32.0 Å². The van der Waals surface area contributed by atoms with Crippen molar-refractivity contribution in [2.24, 2.45) is 0 Å². The highest BCUT2D eigenvalue weighted by Gasteiger charge is 2.35. The van der Waals surface area contributed by atoms with Gasteiger partial charge in [-0.25, -0.2) is 0 Å². The van der Waals surface area contributed by atoms with Gasteiger partial charge in [0.1, 0.15) is 5.60 Å². The van der Waals surface area contributed by atoms with Gasteiger partial charge in [0.15, 0.2) is 5.78 Å². The first-order valence-corrected chi connectivity index (χ1v) is 6.61. The zero-order chi connectivity index (χ0) is 13.9. The lowest BCUT2D eigenvalue weighted by Gasteiger charge is -2.28. The molecule has 1 aromatic carbocycles. The summed E-state index contributed by atoms with van der Waals surface area (Å²) in [6.07, 6.45) is 2.96. The smallest absolute Gasteiger partial charge is 0.196 e. The molecule has 0 bridgehead atoms. The molecule has 3 nitrogen and oxygen atoms in total. The molecule has 0 aliphatic carbocycles. The van der Waals surface area contributed by atoms with E-state index in [9.17, 15) is 4.79 Å². The van der Waals surface area contributed by atoms with Crippen LogP contribution in [0.5, 0.6) is 0 Å². The van der Waals surface area contributed by atoms with E-state index in [-0.39, 0.29) is 5.78 Å². The number of fused-ring (bicyclic) bond motifs is 1. The standard InChI is InChI=1S/C16H19NO2/c1-4-16(5-2,19-3)15(18)13-10-12-8-6-7-9-14(12)17-11-13/h6-11H,4-5H2,1-3H3. The predicted molar refractivity (Wildman–Crippen MR) is 76.4 cm³/mol. The molecule has 0 aliphatic rings. The second kappa shape index (κ2) is 5.49. The van der Waals surface area contributed by atoms with Crippen molar-refractivity contribution >= 4 is 16.7 Å². The van der Waals surface area contributed by atoms with Crippen LogP contribution in [0, 0.1) is 0 Å². The highest BCUT2D eigenvalue weighted by atomic mass is 16.5. The Balaban J connectivity index is 2.46. The number of Topliss-reactive ketones (excluding diaryl/α,β-unsaturated/α-hetero) is 1. The fraction of sp³-hybridized carbons (Fsp3) is 0.375. The van der Waals surface area contributed by atoms with Crippen molar-refractivity contribution < 1.29 is 9.53 Å². The predicted octanol–water partition coefficient (Wildman–Crippen LogP) is 3.62. The average Bonchev–Trinajstić information content (AvgIpc) is 2.49. The molecule has 0 saturated heterocycles. The minimum absolute atomic E-state index is 0.0123. The highest BCUT2D eigenvalue weighted by Crippen LogP contribution is 2.26. The van der Waals surface area contributed by atoms with Crippen molar-refractivity contribution in [3.05, 3.63) is 42.1 Å². The van der Waals surface area contributed by atoms with Gasteiger partial charge in [0.2, 0.25) is 0 Å². The van der Waals surface area contributed by atoms with E-state index in [0.29, 0.717) is 18.4 Å². The lowest BCUT2D eigenvalue weighted by molar-refractivity contribution is -0.00262. The van der Waals surface area contributed by atoms with E-state index >= 15 is 0 Å². The van der Waals surface area contributed by atoms with Crippen molar-refractivity contribution in [1.29, 1.82) is 0 Å². The molecular weight excluding hydrogens is 238 g/mol. The Hall–Kier alpha value is -1.74. The fourth-order valence-electron chi connectivity index (χ4n) is 2.41. The molecule has 0 saturated carbocycles. The van der Waals surface area contributed by atoms with E-state index in [1.165, 1.54) is 0 Å². The van der Waals surface area contributed by atoms with E-state index in [4.69, 9.17) is 4.74 Å². The maximum absolute atomic E-state index is 12.6. The number of benzene rings is 1. The number of hydrogen-bond acceptors (Lipinski definition) is 3. The van der Waals surface area contributed by atoms with Gasteiger partial charge >= 0.3 is 0 Å². The molecule has 2 aromatic rings. The number of hydrogen-bond donors (Lipinski definition) is 0. The molecule has 0 fully saturated rings. The normalized spacial score (nSPS) is 11.7. The summed E-state index contributed by atoms with van der Waals surface area (Å²) >= 11 is 0. The Morgan fingerprint density at radius 3 is 2.58 bits per heavy atom. The molecule has 0 aliphatic heterocycles. The average molecular weight is 257 g/mol. The molecule has 1 heterocycles. The van der Waals surface area contributed by atoms with Crippen LogP contribution in [0.15, 0.2) is 36.5 Å². The van der Waals surface area contributed by atoms with Crippen molar-refractivity contribution in [3.63, 3.8) is 0 Å². The van der Waals surface area contributed by atoms with Gasteiger partial charge in [-0.15, -0.1) is 0 Å². The second-order valence-corrected chi connectivity index (χ2v) is 4.65. The maximum atomic E-state index is 12.6. The summed E-state index contributed by atoms with van der Waals surface area (Å²) in [7, 11) is 1.60. The van der Waals surface area contributed by atoms with Crippen LogP contribution in [0.1, 0.15) is 37.0 Å². The van der Waals surface area contributed by atoms with Gasteiger partial charge in [-0.3, -0.25) is 9.78 Å². The number of nitrogens with zero attached hydrogens (tertiary/aromatic N) is 1. The Bertz CT molecular complexity index is 580. The fourth-order valence-corrected chi connectivity index (χ4v) is 2.41. The van der Waals surface area contributed by atoms with Gasteiger partial charge in [-0.05, 0) is 25.0 Å². The number of pyridine rings is 1. The molecule has 2 rings (SSSR count). The van der Waals surface area contributed by atoms with Crippen LogP contribution in [0.4, 0.5) is 0 Å². The molecule has 0 spiro atoms. The molecule has 100 valence electrons. The first-order valence-electron chi connectivity index (χ1n) is 6.61. The van der Waals surface area contributed by atoms with Crippen LogP contribution < -0.4 is 0 Å². The maximum Gasteiger partial charge on any atom is 0.196 e. The van der Waals surface area contributed by atoms with E-state index in [1.54, 1.807) is 13.3 Å². The third kappa shape index (κ3) is 2.38. The van der Waals surface area contributed by atoms with Crippen molar-refractivity contribution in [1.82, 2.24) is 4.98 Å². The third-order valence-electron chi connectivity index (χ3n) is 3.80. The Morgan fingerprint density at radius 1 is 1.26 bits per heavy atom. The minimum atomic E-state index is -0.732. The van der Waals surface area contributed by atoms with Gasteiger partial charge in [-0.2, -0.15) is 0 Å². The van der Waals surface area contributed by atoms with Crippen molar-refractivity contribution in [2.75, 3.05) is 7.11 Å². The van der Waals surface area contributed by atoms with Crippen LogP contribution in [-0.4, -0.2) is 23.5 Å². The SMILES string of the molecule is CCC(CC)(OC)C(=O)c1cnc2ccccc2c1. The zero-order valence-corrected chi connectivity index (χ0v) is 11.6. The summed E-state index contributed by atoms with van der Waals surface area (Å²) in [5.41, 5.74) is 0.781. The first kappa shape index (κ1) is 13.7. The number of rotatable bonds is 5. The van der Waals surface area contributed by atoms with Gasteiger partial charge < -0.3 is 4.74 Å². The van der Waals surface area contributed by atoms with Gasteiger partial charge in [0.05, 0.1) is 5.52 Å². The number of ketones is 1. The molecular formula is C16H19NO2. The summed E-state index contributed by atoms with van der Waals surface area (Å²) in [6.45, 7) is 3.94. The van der Waals surface area contributed by atoms with E-state index in [2.05, 4.69) is 4.98 Å². The van der Waals surface area contributed by atoms with E-state index in [0.717, 1.165) is 10.9 Å². The van der Waals surface area contributed by atoms with Crippen LogP contribution in [0.25, 0.3) is 10.9 Å². The highest BCUT2D eigenvalue weighted by molar-refractivity contribution is 6.04. The van der Waals surface area contributed by atoms with Crippen molar-refractivity contribution in [2.45, 2.75) is 32.3 Å². The largest absolute Gasteiger partial charge is 0.370 e. The lowest BCUT2D eigenvalue weighted by Crippen LogP contribution is -2.39. The van der Waals surface area contributed by atoms with Gasteiger partial charge in [0.25, 0.3) is 0 Å². The Kier molecular flexibility index (Phi) is 3.96. The minimum Gasteiger partial charge on any atom is -0.370 e. The van der Waals surface area contributed by atoms with Crippen molar-refractivity contribution in [3.8, 4) is 0 Å². The molecule has 0 radical (unpaired) electrons. The molecule has 3 heteroatoms. The Morgan fingerprint density at radius 2 is 1.95 bits per heavy atom. The van der Waals surface area contributed by atoms with Crippen LogP contribution >= 0.6 is 0 Å². The molecule has 1 aromatic heterocycles. The van der Waals surface area contributed by atoms with E-state index < -0.39 is 5.60 Å². The number of carbonyl (C=O) groups is 1. The van der Waals surface area contributed by atoms with Crippen LogP contribution in [0.3, 0.4) is 0 Å². The summed E-state index contributed by atoms with van der Waals surface area (Å²) in [5, 5.41) is 0.977. The lowest BCUT2D eigenvalue weighted by atomic mass is 9.88. The number of ether oxygens (including phenoxy) is 1. The molecule has 0 N–H and O–H groups in total. The van der Waals surface area contributed by atoms with Crippen LogP contribution in [0.2, 0.25) is 0 Å². The number of carbonyl (C=O) groups excluding carboxylic acids is 1. The summed E-state index contributed by atoms with van der Waals surface area (Å²) < 4.78 is 5.49. The molecule has 0 atom stereocenters. The summed E-state index contributed by atoms with van der Waals surface area (Å²) in [5.74, 6) is 0.0123. The first-order chi connectivity index (χ1) is 9.16. The zero-order valence-electron chi connectivity index (χ0n) is 11.6. The van der Waals surface area contributed by atoms with E-state index in [1.807, 2.05) is 44.2 Å². The quantitative estimate of drug-likeness (QED) is 0.768. The summed E-state index contributed by atoms with van der Waals surface area (Å²) in [4.78, 5) is 17.0. The second-order valence-electron chi connectivity index (χ2n) is 4.65. The molecule has 0 unspecified atom stereocenters. The van der Waals surface area contributed by atoms with Crippen LogP contribution in [-0.2, 0) is 4.74 Å². The summed E-state index contributed by atoms with van der Waals surface area (Å²) in [6, 6.07) is 9.68. The topological polar surface area (TPSA) is 39.2 Å². The third-order valence-corrected chi connectivity index (χ3v) is 3.80. The Labute approximate surface area is 113 Å². The van der Waals surface area contributed by atoms with Gasteiger partial charge in [0, 0.05) is 24.3 Å². The molecule has 0 amide bonds. The molecule has 19 heavy (non-hydrogen) atoms. The number of aromatic nitrogens is 1. The number of methoxy groups -OCH3 is 1. The monoisotopic (exact) mass is 257 g/mol.